The lowest BCUT2D eigenvalue weighted by Crippen LogP contribution is -2.33. The van der Waals surface area contributed by atoms with Gasteiger partial charge in [0, 0.05) is 5.41 Å². The van der Waals surface area contributed by atoms with Crippen molar-refractivity contribution in [3.8, 4) is 0 Å². The summed E-state index contributed by atoms with van der Waals surface area (Å²) in [5, 5.41) is 0. The SMILES string of the molecule is CC1(C)CO[P+](O)(CN)OC1. The molecule has 1 saturated heterocycles. The Kier molecular flexibility index (Phi) is 2.52. The fourth-order valence-electron chi connectivity index (χ4n) is 0.736. The van der Waals surface area contributed by atoms with E-state index in [1.807, 2.05) is 13.8 Å². The monoisotopic (exact) mass is 180 g/mol. The first kappa shape index (κ1) is 9.36. The van der Waals surface area contributed by atoms with E-state index < -0.39 is 7.94 Å². The first-order valence-electron chi connectivity index (χ1n) is 3.57. The molecule has 0 radical (unpaired) electrons. The third-order valence-corrected chi connectivity index (χ3v) is 3.07. The summed E-state index contributed by atoms with van der Waals surface area (Å²) in [5.74, 6) is 0. The van der Waals surface area contributed by atoms with E-state index >= 15 is 0 Å². The summed E-state index contributed by atoms with van der Waals surface area (Å²) < 4.78 is 10.3. The molecule has 1 rings (SSSR count). The van der Waals surface area contributed by atoms with E-state index in [4.69, 9.17) is 14.8 Å². The lowest BCUT2D eigenvalue weighted by atomic mass is 9.97. The van der Waals surface area contributed by atoms with Crippen molar-refractivity contribution in [3.63, 3.8) is 0 Å². The first-order chi connectivity index (χ1) is 4.97. The molecule has 1 fully saturated rings. The molecule has 11 heavy (non-hydrogen) atoms. The molecule has 0 aromatic carbocycles. The highest BCUT2D eigenvalue weighted by Crippen LogP contribution is 2.59. The van der Waals surface area contributed by atoms with Crippen LogP contribution >= 0.6 is 7.94 Å². The van der Waals surface area contributed by atoms with Crippen LogP contribution in [-0.2, 0) is 9.05 Å². The van der Waals surface area contributed by atoms with Crippen LogP contribution < -0.4 is 5.73 Å². The Balaban J connectivity index is 2.48. The second-order valence-corrected chi connectivity index (χ2v) is 5.69. The van der Waals surface area contributed by atoms with Gasteiger partial charge in [-0.15, -0.1) is 0 Å². The molecule has 0 saturated carbocycles. The minimum atomic E-state index is -2.65. The Morgan fingerprint density at radius 3 is 2.27 bits per heavy atom. The van der Waals surface area contributed by atoms with Crippen molar-refractivity contribution < 1.29 is 13.9 Å². The van der Waals surface area contributed by atoms with Crippen molar-refractivity contribution in [2.24, 2.45) is 11.1 Å². The maximum atomic E-state index is 9.45. The van der Waals surface area contributed by atoms with Gasteiger partial charge in [-0.1, -0.05) is 13.8 Å². The summed E-state index contributed by atoms with van der Waals surface area (Å²) in [7, 11) is -2.65. The molecule has 5 heteroatoms. The normalized spacial score (nSPS) is 28.4. The van der Waals surface area contributed by atoms with Crippen LogP contribution in [0.25, 0.3) is 0 Å². The molecule has 1 heterocycles. The van der Waals surface area contributed by atoms with Gasteiger partial charge in [0.15, 0.2) is 6.29 Å². The van der Waals surface area contributed by atoms with Gasteiger partial charge in [0.25, 0.3) is 0 Å². The fourth-order valence-corrected chi connectivity index (χ4v) is 2.12. The molecule has 0 bridgehead atoms. The fraction of sp³-hybridized carbons (Fsp3) is 1.00. The van der Waals surface area contributed by atoms with Crippen LogP contribution in [0.15, 0.2) is 0 Å². The molecule has 1 aliphatic heterocycles. The highest BCUT2D eigenvalue weighted by atomic mass is 31.2. The lowest BCUT2D eigenvalue weighted by molar-refractivity contribution is 0.0259. The summed E-state index contributed by atoms with van der Waals surface area (Å²) >= 11 is 0. The number of hydrogen-bond acceptors (Lipinski definition) is 4. The molecular formula is C6H15NO3P+. The average Bonchev–Trinajstić information content (AvgIpc) is 1.97. The van der Waals surface area contributed by atoms with Crippen molar-refractivity contribution in [1.82, 2.24) is 0 Å². The molecule has 4 nitrogen and oxygen atoms in total. The maximum absolute atomic E-state index is 9.45. The van der Waals surface area contributed by atoms with Gasteiger partial charge < -0.3 is 0 Å². The van der Waals surface area contributed by atoms with E-state index in [1.54, 1.807) is 0 Å². The van der Waals surface area contributed by atoms with E-state index in [0.29, 0.717) is 13.2 Å². The lowest BCUT2D eigenvalue weighted by Gasteiger charge is -2.30. The van der Waals surface area contributed by atoms with Crippen molar-refractivity contribution in [3.05, 3.63) is 0 Å². The van der Waals surface area contributed by atoms with Crippen molar-refractivity contribution in [1.29, 1.82) is 0 Å². The summed E-state index contributed by atoms with van der Waals surface area (Å²) in [5.41, 5.74) is 5.28. The molecule has 0 spiro atoms. The van der Waals surface area contributed by atoms with Crippen LogP contribution in [0.1, 0.15) is 13.8 Å². The zero-order valence-electron chi connectivity index (χ0n) is 6.91. The van der Waals surface area contributed by atoms with Gasteiger partial charge in [-0.2, -0.15) is 13.9 Å². The minimum absolute atomic E-state index is 0.00139. The topological polar surface area (TPSA) is 64.7 Å². The Hall–Kier alpha value is 0.270. The van der Waals surface area contributed by atoms with Crippen LogP contribution in [0, 0.1) is 5.41 Å². The third kappa shape index (κ3) is 2.36. The highest BCUT2D eigenvalue weighted by molar-refractivity contribution is 7.60. The van der Waals surface area contributed by atoms with Crippen LogP contribution in [0.3, 0.4) is 0 Å². The first-order valence-corrected chi connectivity index (χ1v) is 5.34. The molecule has 0 unspecified atom stereocenters. The largest absolute Gasteiger partial charge is 0.423 e. The Morgan fingerprint density at radius 2 is 1.91 bits per heavy atom. The van der Waals surface area contributed by atoms with Crippen LogP contribution in [-0.4, -0.2) is 24.4 Å². The van der Waals surface area contributed by atoms with Crippen LogP contribution in [0.5, 0.6) is 0 Å². The standard InChI is InChI=1S/C6H15NO3P/c1-6(2)3-9-11(8,5-7)10-4-6/h8H,3-5,7H2,1-2H3/q+1. The van der Waals surface area contributed by atoms with Crippen molar-refractivity contribution >= 4 is 7.94 Å². The van der Waals surface area contributed by atoms with Crippen LogP contribution in [0.4, 0.5) is 0 Å². The van der Waals surface area contributed by atoms with Crippen LogP contribution in [0.2, 0.25) is 0 Å². The highest BCUT2D eigenvalue weighted by Gasteiger charge is 2.47. The number of rotatable bonds is 1. The molecule has 0 aromatic rings. The van der Waals surface area contributed by atoms with Gasteiger partial charge in [0.05, 0.1) is 0 Å². The summed E-state index contributed by atoms with van der Waals surface area (Å²) in [4.78, 5) is 9.45. The maximum Gasteiger partial charge on any atom is 0.423 e. The van der Waals surface area contributed by atoms with Crippen molar-refractivity contribution in [2.75, 3.05) is 19.5 Å². The van der Waals surface area contributed by atoms with Gasteiger partial charge in [-0.25, -0.2) is 0 Å². The van der Waals surface area contributed by atoms with E-state index in [1.165, 1.54) is 0 Å². The number of nitrogens with two attached hydrogens (primary N) is 1. The minimum Gasteiger partial charge on any atom is -0.292 e. The molecular weight excluding hydrogens is 165 g/mol. The molecule has 1 aliphatic rings. The zero-order chi connectivity index (χ0) is 8.54. The van der Waals surface area contributed by atoms with E-state index in [0.717, 1.165) is 0 Å². The number of hydrogen-bond donors (Lipinski definition) is 2. The van der Waals surface area contributed by atoms with Gasteiger partial charge >= 0.3 is 7.94 Å². The quantitative estimate of drug-likeness (QED) is 0.584. The molecule has 0 amide bonds. The summed E-state index contributed by atoms with van der Waals surface area (Å²) in [6.07, 6.45) is 0.0864. The van der Waals surface area contributed by atoms with Gasteiger partial charge in [0.2, 0.25) is 0 Å². The average molecular weight is 180 g/mol. The predicted molar refractivity (Wildman–Crippen MR) is 43.9 cm³/mol. The summed E-state index contributed by atoms with van der Waals surface area (Å²) in [6, 6.07) is 0. The second kappa shape index (κ2) is 2.96. The van der Waals surface area contributed by atoms with Gasteiger partial charge in [-0.05, 0) is 0 Å². The molecule has 66 valence electrons. The van der Waals surface area contributed by atoms with E-state index in [9.17, 15) is 4.89 Å². The Labute approximate surface area is 67.3 Å². The molecule has 0 aromatic heterocycles. The Morgan fingerprint density at radius 1 is 1.45 bits per heavy atom. The predicted octanol–water partition coefficient (Wildman–Crippen LogP) is 0.730. The van der Waals surface area contributed by atoms with E-state index in [-0.39, 0.29) is 11.7 Å². The van der Waals surface area contributed by atoms with Gasteiger partial charge in [0.1, 0.15) is 13.2 Å². The summed E-state index contributed by atoms with van der Waals surface area (Å²) in [6.45, 7) is 5.09. The molecule has 0 aliphatic carbocycles. The smallest absolute Gasteiger partial charge is 0.292 e. The molecule has 3 N–H and O–H groups in total. The Bertz CT molecular complexity index is 141. The van der Waals surface area contributed by atoms with Crippen molar-refractivity contribution in [2.45, 2.75) is 13.8 Å². The molecule has 0 atom stereocenters. The zero-order valence-corrected chi connectivity index (χ0v) is 7.80. The second-order valence-electron chi connectivity index (χ2n) is 3.53. The third-order valence-electron chi connectivity index (χ3n) is 1.54. The van der Waals surface area contributed by atoms with E-state index in [2.05, 4.69) is 0 Å². The van der Waals surface area contributed by atoms with Gasteiger partial charge in [-0.3, -0.25) is 5.73 Å².